The number of carbonyl (C=O) groups excluding carboxylic acids is 1. The molecule has 3 nitrogen and oxygen atoms in total. The van der Waals surface area contributed by atoms with Gasteiger partial charge in [-0.25, -0.2) is 4.79 Å². The minimum Gasteiger partial charge on any atom is -0.465 e. The normalized spacial score (nSPS) is 10.4. The van der Waals surface area contributed by atoms with E-state index in [-0.39, 0.29) is 5.97 Å². The first-order chi connectivity index (χ1) is 7.61. The van der Waals surface area contributed by atoms with E-state index in [2.05, 4.69) is 15.8 Å². The average molecular weight is 215 g/mol. The highest BCUT2D eigenvalue weighted by Crippen LogP contribution is 2.19. The van der Waals surface area contributed by atoms with Crippen LogP contribution in [-0.4, -0.2) is 18.1 Å². The van der Waals surface area contributed by atoms with Gasteiger partial charge in [0.05, 0.1) is 18.2 Å². The predicted octanol–water partition coefficient (Wildman–Crippen LogP) is 2.64. The minimum atomic E-state index is -0.353. The van der Waals surface area contributed by atoms with Crippen molar-refractivity contribution in [3.05, 3.63) is 41.1 Å². The van der Waals surface area contributed by atoms with Crippen molar-refractivity contribution < 1.29 is 9.53 Å². The number of esters is 1. The number of carbonyl (C=O) groups is 1. The molecule has 1 aromatic carbocycles. The molecule has 3 heteroatoms. The third-order valence-corrected chi connectivity index (χ3v) is 2.54. The lowest BCUT2D eigenvalue weighted by Gasteiger charge is -2.05. The zero-order valence-electron chi connectivity index (χ0n) is 9.57. The van der Waals surface area contributed by atoms with Crippen LogP contribution in [0.15, 0.2) is 24.4 Å². The first-order valence-corrected chi connectivity index (χ1v) is 5.07. The Morgan fingerprint density at radius 2 is 2.00 bits per heavy atom. The maximum Gasteiger partial charge on any atom is 0.339 e. The summed E-state index contributed by atoms with van der Waals surface area (Å²) in [7, 11) is 1.37. The summed E-state index contributed by atoms with van der Waals surface area (Å²) in [6.07, 6.45) is 1.55. The van der Waals surface area contributed by atoms with Gasteiger partial charge in [0.1, 0.15) is 0 Å². The topological polar surface area (TPSA) is 39.2 Å². The molecule has 0 amide bonds. The van der Waals surface area contributed by atoms with E-state index in [4.69, 9.17) is 0 Å². The zero-order chi connectivity index (χ0) is 11.7. The molecule has 0 unspecified atom stereocenters. The molecule has 16 heavy (non-hydrogen) atoms. The maximum absolute atomic E-state index is 11.4. The monoisotopic (exact) mass is 215 g/mol. The van der Waals surface area contributed by atoms with E-state index in [1.165, 1.54) is 7.11 Å². The van der Waals surface area contributed by atoms with Gasteiger partial charge in [0.2, 0.25) is 0 Å². The molecule has 0 bridgehead atoms. The van der Waals surface area contributed by atoms with Gasteiger partial charge < -0.3 is 4.74 Å². The number of fused-ring (bicyclic) bond motifs is 1. The van der Waals surface area contributed by atoms with E-state index in [1.54, 1.807) is 6.20 Å². The summed E-state index contributed by atoms with van der Waals surface area (Å²) < 4.78 is 4.67. The van der Waals surface area contributed by atoms with Gasteiger partial charge in [-0.15, -0.1) is 0 Å². The Labute approximate surface area is 94.1 Å². The molecule has 0 aliphatic rings. The van der Waals surface area contributed by atoms with Crippen molar-refractivity contribution >= 4 is 16.9 Å². The lowest BCUT2D eigenvalue weighted by molar-refractivity contribution is 0.0600. The van der Waals surface area contributed by atoms with Crippen LogP contribution in [0.1, 0.15) is 21.5 Å². The fourth-order valence-electron chi connectivity index (χ4n) is 1.85. The number of hydrogen-bond acceptors (Lipinski definition) is 3. The molecule has 0 saturated heterocycles. The van der Waals surface area contributed by atoms with Crippen molar-refractivity contribution in [3.8, 4) is 0 Å². The Bertz CT molecular complexity index is 561. The van der Waals surface area contributed by atoms with E-state index >= 15 is 0 Å². The summed E-state index contributed by atoms with van der Waals surface area (Å²) in [5.41, 5.74) is 3.69. The van der Waals surface area contributed by atoms with Crippen molar-refractivity contribution in [1.82, 2.24) is 4.98 Å². The van der Waals surface area contributed by atoms with Crippen LogP contribution < -0.4 is 0 Å². The van der Waals surface area contributed by atoms with Crippen molar-refractivity contribution in [2.24, 2.45) is 0 Å². The highest BCUT2D eigenvalue weighted by Gasteiger charge is 2.08. The second kappa shape index (κ2) is 3.93. The number of pyridine rings is 1. The van der Waals surface area contributed by atoms with E-state index in [0.29, 0.717) is 5.56 Å². The third-order valence-electron chi connectivity index (χ3n) is 2.54. The van der Waals surface area contributed by atoms with Gasteiger partial charge in [-0.3, -0.25) is 4.98 Å². The fourth-order valence-corrected chi connectivity index (χ4v) is 1.85. The number of methoxy groups -OCH3 is 1. The molecule has 1 heterocycles. The standard InChI is InChI=1S/C13H13NO2/c1-8-4-9(2)12-10(5-8)6-11(7-14-12)13(15)16-3/h4-7H,1-3H3. The molecular formula is C13H13NO2. The number of rotatable bonds is 1. The maximum atomic E-state index is 11.4. The van der Waals surface area contributed by atoms with Gasteiger partial charge in [0, 0.05) is 11.6 Å². The van der Waals surface area contributed by atoms with E-state index < -0.39 is 0 Å². The van der Waals surface area contributed by atoms with Crippen molar-refractivity contribution in [2.75, 3.05) is 7.11 Å². The zero-order valence-corrected chi connectivity index (χ0v) is 9.57. The Morgan fingerprint density at radius 1 is 1.25 bits per heavy atom. The minimum absolute atomic E-state index is 0.353. The van der Waals surface area contributed by atoms with Crippen LogP contribution in [0.2, 0.25) is 0 Å². The van der Waals surface area contributed by atoms with Gasteiger partial charge in [0.25, 0.3) is 0 Å². The lowest BCUT2D eigenvalue weighted by Crippen LogP contribution is -2.02. The smallest absolute Gasteiger partial charge is 0.339 e. The molecule has 0 aliphatic carbocycles. The van der Waals surface area contributed by atoms with Crippen molar-refractivity contribution in [1.29, 1.82) is 0 Å². The Hall–Kier alpha value is -1.90. The Balaban J connectivity index is 2.66. The molecule has 0 radical (unpaired) electrons. The molecular weight excluding hydrogens is 202 g/mol. The molecule has 2 aromatic rings. The molecule has 82 valence electrons. The van der Waals surface area contributed by atoms with Crippen LogP contribution in [0, 0.1) is 13.8 Å². The van der Waals surface area contributed by atoms with Gasteiger partial charge in [-0.1, -0.05) is 11.6 Å². The summed E-state index contributed by atoms with van der Waals surface area (Å²) in [5.74, 6) is -0.353. The quantitative estimate of drug-likeness (QED) is 0.686. The predicted molar refractivity (Wildman–Crippen MR) is 62.6 cm³/mol. The van der Waals surface area contributed by atoms with E-state index in [1.807, 2.05) is 26.0 Å². The second-order valence-electron chi connectivity index (χ2n) is 3.87. The van der Waals surface area contributed by atoms with Gasteiger partial charge in [-0.05, 0) is 31.5 Å². The number of aromatic nitrogens is 1. The number of hydrogen-bond donors (Lipinski definition) is 0. The van der Waals surface area contributed by atoms with Crippen LogP contribution in [-0.2, 0) is 4.74 Å². The highest BCUT2D eigenvalue weighted by molar-refractivity contribution is 5.94. The molecule has 0 saturated carbocycles. The first kappa shape index (κ1) is 10.6. The summed E-state index contributed by atoms with van der Waals surface area (Å²) in [6.45, 7) is 4.04. The van der Waals surface area contributed by atoms with Gasteiger partial charge in [0.15, 0.2) is 0 Å². The lowest BCUT2D eigenvalue weighted by atomic mass is 10.1. The van der Waals surface area contributed by atoms with Crippen LogP contribution in [0.3, 0.4) is 0 Å². The second-order valence-corrected chi connectivity index (χ2v) is 3.87. The summed E-state index contributed by atoms with van der Waals surface area (Å²) in [5, 5.41) is 0.973. The van der Waals surface area contributed by atoms with Crippen LogP contribution >= 0.6 is 0 Å². The molecule has 0 spiro atoms. The van der Waals surface area contributed by atoms with Crippen LogP contribution in [0.4, 0.5) is 0 Å². The molecule has 0 aliphatic heterocycles. The summed E-state index contributed by atoms with van der Waals surface area (Å²) >= 11 is 0. The number of benzene rings is 1. The molecule has 1 aromatic heterocycles. The fraction of sp³-hybridized carbons (Fsp3) is 0.231. The van der Waals surface area contributed by atoms with Gasteiger partial charge in [-0.2, -0.15) is 0 Å². The van der Waals surface area contributed by atoms with Crippen LogP contribution in [0.25, 0.3) is 10.9 Å². The Morgan fingerprint density at radius 3 is 2.69 bits per heavy atom. The SMILES string of the molecule is COC(=O)c1cnc2c(C)cc(C)cc2c1. The number of aryl methyl sites for hydroxylation is 2. The van der Waals surface area contributed by atoms with Crippen molar-refractivity contribution in [2.45, 2.75) is 13.8 Å². The van der Waals surface area contributed by atoms with E-state index in [0.717, 1.165) is 22.0 Å². The largest absolute Gasteiger partial charge is 0.465 e. The van der Waals surface area contributed by atoms with E-state index in [9.17, 15) is 4.79 Å². The molecule has 0 atom stereocenters. The van der Waals surface area contributed by atoms with Crippen molar-refractivity contribution in [3.63, 3.8) is 0 Å². The number of ether oxygens (including phenoxy) is 1. The molecule has 0 fully saturated rings. The first-order valence-electron chi connectivity index (χ1n) is 5.07. The van der Waals surface area contributed by atoms with Gasteiger partial charge >= 0.3 is 5.97 Å². The third kappa shape index (κ3) is 1.76. The summed E-state index contributed by atoms with van der Waals surface area (Å²) in [6, 6.07) is 5.91. The number of nitrogens with zero attached hydrogens (tertiary/aromatic N) is 1. The molecule has 2 rings (SSSR count). The Kier molecular flexibility index (Phi) is 2.60. The average Bonchev–Trinajstić information content (AvgIpc) is 2.27. The summed E-state index contributed by atoms with van der Waals surface area (Å²) in [4.78, 5) is 15.7. The van der Waals surface area contributed by atoms with Crippen LogP contribution in [0.5, 0.6) is 0 Å². The highest BCUT2D eigenvalue weighted by atomic mass is 16.5. The molecule has 0 N–H and O–H groups in total.